The number of nitrogen functional groups attached to an aromatic ring is 1. The fourth-order valence-corrected chi connectivity index (χ4v) is 2.05. The lowest BCUT2D eigenvalue weighted by Gasteiger charge is -2.05. The Labute approximate surface area is 113 Å². The summed E-state index contributed by atoms with van der Waals surface area (Å²) >= 11 is 0. The number of hydrogen-bond donors (Lipinski definition) is 1. The normalized spacial score (nSPS) is 10.9. The van der Waals surface area contributed by atoms with Gasteiger partial charge in [0.15, 0.2) is 5.82 Å². The Morgan fingerprint density at radius 2 is 2.10 bits per heavy atom. The number of benzene rings is 1. The van der Waals surface area contributed by atoms with Crippen LogP contribution in [0, 0.1) is 12.7 Å². The smallest absolute Gasteiger partial charge is 0.189 e. The highest BCUT2D eigenvalue weighted by Gasteiger charge is 2.16. The molecule has 7 nitrogen and oxygen atoms in total. The van der Waals surface area contributed by atoms with Crippen LogP contribution in [0.15, 0.2) is 24.4 Å². The summed E-state index contributed by atoms with van der Waals surface area (Å²) in [6.45, 7) is 1.86. The van der Waals surface area contributed by atoms with Crippen LogP contribution >= 0.6 is 0 Å². The zero-order valence-corrected chi connectivity index (χ0v) is 10.9. The first-order valence-electron chi connectivity index (χ1n) is 5.90. The molecule has 0 saturated carbocycles. The first kappa shape index (κ1) is 12.3. The van der Waals surface area contributed by atoms with E-state index in [2.05, 4.69) is 20.6 Å². The molecular weight excluding hydrogens is 261 g/mol. The SMILES string of the molecule is Cc1nn(C)cc1-n1nnnc1-c1ccc(F)cc1N. The van der Waals surface area contributed by atoms with Crippen molar-refractivity contribution in [1.29, 1.82) is 0 Å². The van der Waals surface area contributed by atoms with Crippen LogP contribution in [0.25, 0.3) is 17.1 Å². The Kier molecular flexibility index (Phi) is 2.70. The highest BCUT2D eigenvalue weighted by Crippen LogP contribution is 2.26. The number of rotatable bonds is 2. The average Bonchev–Trinajstić information content (AvgIpc) is 2.95. The van der Waals surface area contributed by atoms with Crippen molar-refractivity contribution in [2.45, 2.75) is 6.92 Å². The second-order valence-corrected chi connectivity index (χ2v) is 4.42. The van der Waals surface area contributed by atoms with Crippen molar-refractivity contribution in [2.75, 3.05) is 5.73 Å². The van der Waals surface area contributed by atoms with Crippen LogP contribution in [-0.2, 0) is 7.05 Å². The largest absolute Gasteiger partial charge is 0.398 e. The summed E-state index contributed by atoms with van der Waals surface area (Å²) in [4.78, 5) is 0. The highest BCUT2D eigenvalue weighted by atomic mass is 19.1. The number of hydrogen-bond acceptors (Lipinski definition) is 5. The predicted octanol–water partition coefficient (Wildman–Crippen LogP) is 1.09. The van der Waals surface area contributed by atoms with Gasteiger partial charge in [-0.3, -0.25) is 4.68 Å². The van der Waals surface area contributed by atoms with Gasteiger partial charge >= 0.3 is 0 Å². The maximum absolute atomic E-state index is 13.1. The molecule has 0 saturated heterocycles. The first-order chi connectivity index (χ1) is 9.56. The molecule has 0 aliphatic carbocycles. The van der Waals surface area contributed by atoms with Crippen molar-refractivity contribution in [3.05, 3.63) is 35.9 Å². The van der Waals surface area contributed by atoms with Gasteiger partial charge in [0.05, 0.1) is 11.9 Å². The number of aromatic nitrogens is 6. The van der Waals surface area contributed by atoms with Gasteiger partial charge in [0.1, 0.15) is 11.5 Å². The number of tetrazole rings is 1. The maximum atomic E-state index is 13.1. The lowest BCUT2D eigenvalue weighted by Crippen LogP contribution is -2.02. The third-order valence-electron chi connectivity index (χ3n) is 2.94. The fraction of sp³-hybridized carbons (Fsp3) is 0.167. The van der Waals surface area contributed by atoms with Gasteiger partial charge in [-0.2, -0.15) is 9.78 Å². The molecule has 2 aromatic heterocycles. The molecule has 0 aliphatic heterocycles. The second-order valence-electron chi connectivity index (χ2n) is 4.42. The average molecular weight is 273 g/mol. The van der Waals surface area contributed by atoms with Crippen molar-refractivity contribution in [3.63, 3.8) is 0 Å². The molecule has 0 amide bonds. The Morgan fingerprint density at radius 1 is 1.30 bits per heavy atom. The second kappa shape index (κ2) is 4.41. The standard InChI is InChI=1S/C12H12FN7/c1-7-11(6-19(2)16-7)20-12(15-17-18-20)9-4-3-8(13)5-10(9)14/h3-6H,14H2,1-2H3. The van der Waals surface area contributed by atoms with Crippen LogP contribution in [-0.4, -0.2) is 30.0 Å². The number of halogens is 1. The minimum atomic E-state index is -0.400. The van der Waals surface area contributed by atoms with Gasteiger partial charge in [0.2, 0.25) is 0 Å². The Morgan fingerprint density at radius 3 is 2.75 bits per heavy atom. The molecule has 0 atom stereocenters. The molecule has 2 heterocycles. The molecule has 2 N–H and O–H groups in total. The summed E-state index contributed by atoms with van der Waals surface area (Å²) in [5, 5.41) is 15.8. The van der Waals surface area contributed by atoms with E-state index in [-0.39, 0.29) is 5.69 Å². The molecule has 20 heavy (non-hydrogen) atoms. The molecule has 8 heteroatoms. The van der Waals surface area contributed by atoms with Gasteiger partial charge in [0.25, 0.3) is 0 Å². The van der Waals surface area contributed by atoms with Crippen molar-refractivity contribution < 1.29 is 4.39 Å². The molecule has 102 valence electrons. The molecular formula is C12H12FN7. The monoisotopic (exact) mass is 273 g/mol. The summed E-state index contributed by atoms with van der Waals surface area (Å²) in [5.74, 6) is 0.0430. The number of nitrogens with zero attached hydrogens (tertiary/aromatic N) is 6. The van der Waals surface area contributed by atoms with E-state index in [1.165, 1.54) is 16.8 Å². The zero-order valence-electron chi connectivity index (χ0n) is 10.9. The van der Waals surface area contributed by atoms with Crippen LogP contribution in [0.1, 0.15) is 5.69 Å². The van der Waals surface area contributed by atoms with E-state index < -0.39 is 5.82 Å². The van der Waals surface area contributed by atoms with E-state index in [9.17, 15) is 4.39 Å². The van der Waals surface area contributed by atoms with E-state index in [4.69, 9.17) is 5.73 Å². The van der Waals surface area contributed by atoms with Gasteiger partial charge in [-0.15, -0.1) is 5.10 Å². The fourth-order valence-electron chi connectivity index (χ4n) is 2.05. The third-order valence-corrected chi connectivity index (χ3v) is 2.94. The molecule has 0 radical (unpaired) electrons. The maximum Gasteiger partial charge on any atom is 0.189 e. The van der Waals surface area contributed by atoms with Gasteiger partial charge in [-0.25, -0.2) is 4.39 Å². The van der Waals surface area contributed by atoms with Gasteiger partial charge in [-0.05, 0) is 35.5 Å². The Balaban J connectivity index is 2.17. The summed E-state index contributed by atoms with van der Waals surface area (Å²) < 4.78 is 16.3. The summed E-state index contributed by atoms with van der Waals surface area (Å²) in [7, 11) is 1.81. The molecule has 0 unspecified atom stereocenters. The summed E-state index contributed by atoms with van der Waals surface area (Å²) in [5.41, 5.74) is 8.21. The van der Waals surface area contributed by atoms with Crippen LogP contribution in [0.4, 0.5) is 10.1 Å². The molecule has 0 aliphatic rings. The molecule has 0 bridgehead atoms. The number of anilines is 1. The first-order valence-corrected chi connectivity index (χ1v) is 5.90. The number of nitrogens with two attached hydrogens (primary N) is 1. The minimum absolute atomic E-state index is 0.280. The molecule has 3 rings (SSSR count). The molecule has 1 aromatic carbocycles. The number of aryl methyl sites for hydroxylation is 2. The van der Waals surface area contributed by atoms with Crippen LogP contribution < -0.4 is 5.73 Å². The zero-order chi connectivity index (χ0) is 14.3. The van der Waals surface area contributed by atoms with Gasteiger partial charge in [-0.1, -0.05) is 0 Å². The molecule has 0 fully saturated rings. The Bertz CT molecular complexity index is 774. The van der Waals surface area contributed by atoms with Crippen LogP contribution in [0.3, 0.4) is 0 Å². The predicted molar refractivity (Wildman–Crippen MR) is 70.5 cm³/mol. The topological polar surface area (TPSA) is 87.4 Å². The lowest BCUT2D eigenvalue weighted by atomic mass is 10.1. The van der Waals surface area contributed by atoms with E-state index in [1.807, 2.05) is 14.0 Å². The van der Waals surface area contributed by atoms with E-state index >= 15 is 0 Å². The lowest BCUT2D eigenvalue weighted by molar-refractivity contribution is 0.628. The van der Waals surface area contributed by atoms with Crippen molar-refractivity contribution in [1.82, 2.24) is 30.0 Å². The molecule has 3 aromatic rings. The van der Waals surface area contributed by atoms with E-state index in [0.717, 1.165) is 11.4 Å². The van der Waals surface area contributed by atoms with E-state index in [1.54, 1.807) is 16.9 Å². The van der Waals surface area contributed by atoms with E-state index in [0.29, 0.717) is 11.4 Å². The Hall–Kier alpha value is -2.77. The van der Waals surface area contributed by atoms with Crippen molar-refractivity contribution in [2.24, 2.45) is 7.05 Å². The van der Waals surface area contributed by atoms with Gasteiger partial charge in [0, 0.05) is 18.3 Å². The molecule has 0 spiro atoms. The quantitative estimate of drug-likeness (QED) is 0.706. The van der Waals surface area contributed by atoms with Crippen LogP contribution in [0.5, 0.6) is 0 Å². The minimum Gasteiger partial charge on any atom is -0.398 e. The van der Waals surface area contributed by atoms with Crippen LogP contribution in [0.2, 0.25) is 0 Å². The highest BCUT2D eigenvalue weighted by molar-refractivity contribution is 5.72. The van der Waals surface area contributed by atoms with Gasteiger partial charge < -0.3 is 5.73 Å². The summed E-state index contributed by atoms with van der Waals surface area (Å²) in [6.07, 6.45) is 1.80. The third kappa shape index (κ3) is 1.91. The summed E-state index contributed by atoms with van der Waals surface area (Å²) in [6, 6.07) is 4.11. The van der Waals surface area contributed by atoms with Crippen molar-refractivity contribution in [3.8, 4) is 17.1 Å². The van der Waals surface area contributed by atoms with Crippen molar-refractivity contribution >= 4 is 5.69 Å².